The number of imidazole rings is 1. The number of fused-ring (bicyclic) bond motifs is 1. The molecule has 0 unspecified atom stereocenters. The van der Waals surface area contributed by atoms with Crippen LogP contribution in [0.3, 0.4) is 0 Å². The monoisotopic (exact) mass is 496 g/mol. The van der Waals surface area contributed by atoms with Crippen molar-refractivity contribution in [1.82, 2.24) is 24.4 Å². The van der Waals surface area contributed by atoms with Crippen LogP contribution in [-0.2, 0) is 17.8 Å². The second kappa shape index (κ2) is 10.6. The van der Waals surface area contributed by atoms with Gasteiger partial charge in [-0.25, -0.2) is 23.7 Å². The minimum atomic E-state index is -0.967. The molecule has 3 aromatic rings. The maximum Gasteiger partial charge on any atom is 0.290 e. The fourth-order valence-corrected chi connectivity index (χ4v) is 3.97. The number of ether oxygens (including phenoxy) is 1. The SMILES string of the molecule is CN=C(C=CN)Nc1ncc(C)c(-c2cn3c(n2)C(=O)N(Cc2ccc(F)c(F)c2)[C@@H](COC)C3)n1. The van der Waals surface area contributed by atoms with Crippen molar-refractivity contribution in [2.24, 2.45) is 10.7 Å². The van der Waals surface area contributed by atoms with Gasteiger partial charge in [0.1, 0.15) is 11.5 Å². The van der Waals surface area contributed by atoms with E-state index >= 15 is 0 Å². The summed E-state index contributed by atoms with van der Waals surface area (Å²) in [6.07, 6.45) is 6.34. The molecule has 188 valence electrons. The molecule has 1 aromatic carbocycles. The molecule has 0 fully saturated rings. The number of aromatic nitrogens is 4. The molecule has 0 saturated heterocycles. The Kier molecular flexibility index (Phi) is 7.34. The summed E-state index contributed by atoms with van der Waals surface area (Å²) >= 11 is 0. The number of nitrogens with two attached hydrogens (primary N) is 1. The van der Waals surface area contributed by atoms with Crippen LogP contribution in [0.4, 0.5) is 14.7 Å². The van der Waals surface area contributed by atoms with E-state index < -0.39 is 11.6 Å². The third-order valence-corrected chi connectivity index (χ3v) is 5.72. The topological polar surface area (TPSA) is 124 Å². The summed E-state index contributed by atoms with van der Waals surface area (Å²) in [4.78, 5) is 32.5. The lowest BCUT2D eigenvalue weighted by atomic mass is 10.1. The molecular weight excluding hydrogens is 470 g/mol. The highest BCUT2D eigenvalue weighted by Crippen LogP contribution is 2.27. The Morgan fingerprint density at radius 3 is 2.83 bits per heavy atom. The first-order valence-electron chi connectivity index (χ1n) is 11.1. The zero-order valence-corrected chi connectivity index (χ0v) is 20.1. The number of anilines is 1. The molecule has 36 heavy (non-hydrogen) atoms. The summed E-state index contributed by atoms with van der Waals surface area (Å²) in [6, 6.07) is 3.26. The van der Waals surface area contributed by atoms with E-state index in [-0.39, 0.29) is 30.9 Å². The predicted octanol–water partition coefficient (Wildman–Crippen LogP) is 2.51. The van der Waals surface area contributed by atoms with Gasteiger partial charge in [-0.2, -0.15) is 0 Å². The smallest absolute Gasteiger partial charge is 0.290 e. The number of hydrogen-bond acceptors (Lipinski definition) is 7. The van der Waals surface area contributed by atoms with Gasteiger partial charge in [-0.15, -0.1) is 0 Å². The van der Waals surface area contributed by atoms with Crippen molar-refractivity contribution in [2.45, 2.75) is 26.1 Å². The zero-order chi connectivity index (χ0) is 25.8. The molecule has 1 aliphatic rings. The molecule has 3 heterocycles. The standard InChI is InChI=1S/C24H26F2N8O2/c1-14-9-29-24(31-20(28-2)6-7-27)32-21(14)19-12-33-11-16(13-36-3)34(23(35)22(33)30-19)10-15-4-5-17(25)18(26)8-15/h4-9,12,16H,10-11,13,27H2,1-3H3,(H,28,29,31,32)/t16-/m1/s1. The van der Waals surface area contributed by atoms with Gasteiger partial charge < -0.3 is 25.3 Å². The van der Waals surface area contributed by atoms with Gasteiger partial charge in [-0.05, 0) is 42.5 Å². The fourth-order valence-electron chi connectivity index (χ4n) is 3.97. The third-order valence-electron chi connectivity index (χ3n) is 5.72. The third kappa shape index (κ3) is 5.08. The van der Waals surface area contributed by atoms with E-state index in [1.165, 1.54) is 12.3 Å². The predicted molar refractivity (Wildman–Crippen MR) is 130 cm³/mol. The molecule has 0 radical (unpaired) electrons. The normalized spacial score (nSPS) is 16.0. The number of halogens is 2. The maximum absolute atomic E-state index is 13.8. The Hall–Kier alpha value is -4.19. The van der Waals surface area contributed by atoms with E-state index in [4.69, 9.17) is 10.5 Å². The Labute approximate surface area is 206 Å². The van der Waals surface area contributed by atoms with Crippen molar-refractivity contribution in [3.63, 3.8) is 0 Å². The lowest BCUT2D eigenvalue weighted by molar-refractivity contribution is 0.0379. The molecule has 1 atom stereocenters. The van der Waals surface area contributed by atoms with Crippen LogP contribution in [0.5, 0.6) is 0 Å². The number of nitrogens with one attached hydrogen (secondary N) is 1. The van der Waals surface area contributed by atoms with Crippen LogP contribution in [0.25, 0.3) is 11.4 Å². The molecule has 12 heteroatoms. The Bertz CT molecular complexity index is 1340. The first-order chi connectivity index (χ1) is 17.3. The van der Waals surface area contributed by atoms with Crippen LogP contribution in [-0.4, -0.2) is 63.0 Å². The summed E-state index contributed by atoms with van der Waals surface area (Å²) in [5.74, 6) is -1.27. The molecule has 4 rings (SSSR count). The number of amides is 1. The van der Waals surface area contributed by atoms with Crippen molar-refractivity contribution < 1.29 is 18.3 Å². The van der Waals surface area contributed by atoms with Crippen molar-refractivity contribution in [3.8, 4) is 11.4 Å². The van der Waals surface area contributed by atoms with Crippen LogP contribution in [0, 0.1) is 18.6 Å². The van der Waals surface area contributed by atoms with E-state index in [2.05, 4.69) is 25.3 Å². The summed E-state index contributed by atoms with van der Waals surface area (Å²) in [6.45, 7) is 2.60. The number of aliphatic imine (C=N–C) groups is 1. The zero-order valence-electron chi connectivity index (χ0n) is 20.1. The minimum Gasteiger partial charge on any atom is -0.404 e. The number of carbonyl (C=O) groups excluding carboxylic acids is 1. The van der Waals surface area contributed by atoms with Gasteiger partial charge in [-0.3, -0.25) is 9.79 Å². The van der Waals surface area contributed by atoms with Gasteiger partial charge in [0.15, 0.2) is 17.5 Å². The van der Waals surface area contributed by atoms with Gasteiger partial charge >= 0.3 is 0 Å². The lowest BCUT2D eigenvalue weighted by Crippen LogP contribution is -2.49. The molecule has 10 nitrogen and oxygen atoms in total. The van der Waals surface area contributed by atoms with Gasteiger partial charge in [0.05, 0.1) is 18.3 Å². The highest BCUT2D eigenvalue weighted by molar-refractivity contribution is 6.02. The number of carbonyl (C=O) groups is 1. The van der Waals surface area contributed by atoms with Gasteiger partial charge in [0.2, 0.25) is 5.95 Å². The second-order valence-corrected chi connectivity index (χ2v) is 8.21. The lowest BCUT2D eigenvalue weighted by Gasteiger charge is -2.35. The molecule has 1 amide bonds. The molecule has 0 aliphatic carbocycles. The maximum atomic E-state index is 13.8. The fraction of sp³-hybridized carbons (Fsp3) is 0.292. The van der Waals surface area contributed by atoms with Crippen molar-refractivity contribution in [1.29, 1.82) is 0 Å². The Morgan fingerprint density at radius 2 is 2.14 bits per heavy atom. The quantitative estimate of drug-likeness (QED) is 0.381. The van der Waals surface area contributed by atoms with Crippen LogP contribution in [0.1, 0.15) is 21.7 Å². The second-order valence-electron chi connectivity index (χ2n) is 8.21. The molecule has 1 aliphatic heterocycles. The van der Waals surface area contributed by atoms with Crippen LogP contribution in [0.2, 0.25) is 0 Å². The number of rotatable bonds is 7. The Morgan fingerprint density at radius 1 is 1.33 bits per heavy atom. The largest absolute Gasteiger partial charge is 0.404 e. The van der Waals surface area contributed by atoms with Crippen molar-refractivity contribution in [2.75, 3.05) is 26.1 Å². The summed E-state index contributed by atoms with van der Waals surface area (Å²) in [5, 5.41) is 2.98. The van der Waals surface area contributed by atoms with Gasteiger partial charge in [-0.1, -0.05) is 6.07 Å². The molecular formula is C24H26F2N8O2. The van der Waals surface area contributed by atoms with E-state index in [1.54, 1.807) is 42.1 Å². The van der Waals surface area contributed by atoms with E-state index in [0.29, 0.717) is 35.3 Å². The van der Waals surface area contributed by atoms with Crippen LogP contribution in [0.15, 0.2) is 47.9 Å². The van der Waals surface area contributed by atoms with Crippen LogP contribution < -0.4 is 11.1 Å². The number of nitrogens with zero attached hydrogens (tertiary/aromatic N) is 6. The number of hydrogen-bond donors (Lipinski definition) is 2. The van der Waals surface area contributed by atoms with Crippen molar-refractivity contribution >= 4 is 17.7 Å². The van der Waals surface area contributed by atoms with E-state index in [1.807, 2.05) is 6.92 Å². The molecule has 0 saturated carbocycles. The first-order valence-corrected chi connectivity index (χ1v) is 11.1. The molecule has 3 N–H and O–H groups in total. The molecule has 2 aromatic heterocycles. The minimum absolute atomic E-state index is 0.0840. The summed E-state index contributed by atoms with van der Waals surface area (Å²) in [5.41, 5.74) is 7.71. The van der Waals surface area contributed by atoms with Crippen molar-refractivity contribution in [3.05, 3.63) is 71.5 Å². The van der Waals surface area contributed by atoms with Gasteiger partial charge in [0, 0.05) is 39.6 Å². The Balaban J connectivity index is 1.66. The number of amidine groups is 1. The average molecular weight is 497 g/mol. The highest BCUT2D eigenvalue weighted by atomic mass is 19.2. The number of aryl methyl sites for hydroxylation is 1. The number of benzene rings is 1. The summed E-state index contributed by atoms with van der Waals surface area (Å²) in [7, 11) is 3.15. The first kappa shape index (κ1) is 24.9. The highest BCUT2D eigenvalue weighted by Gasteiger charge is 2.35. The van der Waals surface area contributed by atoms with E-state index in [9.17, 15) is 13.6 Å². The van der Waals surface area contributed by atoms with Crippen LogP contribution >= 0.6 is 0 Å². The van der Waals surface area contributed by atoms with Gasteiger partial charge in [0.25, 0.3) is 5.91 Å². The summed E-state index contributed by atoms with van der Waals surface area (Å²) < 4.78 is 34.2. The molecule has 0 spiro atoms. The van der Waals surface area contributed by atoms with E-state index in [0.717, 1.165) is 17.7 Å². The average Bonchev–Trinajstić information content (AvgIpc) is 3.29. The number of methoxy groups -OCH3 is 1. The molecule has 0 bridgehead atoms.